The Bertz CT molecular complexity index is 1160. The minimum Gasteiger partial charge on any atom is -0.354 e. The van der Waals surface area contributed by atoms with E-state index in [1.807, 2.05) is 0 Å². The monoisotopic (exact) mass is 465 g/mol. The van der Waals surface area contributed by atoms with Crippen LogP contribution in [0.25, 0.3) is 11.5 Å². The fraction of sp³-hybridized carbons (Fsp3) is 0. The summed E-state index contributed by atoms with van der Waals surface area (Å²) < 4.78 is 5.25. The highest BCUT2D eigenvalue weighted by Crippen LogP contribution is 2.35. The van der Waals surface area contributed by atoms with Gasteiger partial charge in [0.15, 0.2) is 16.6 Å². The van der Waals surface area contributed by atoms with E-state index in [-0.39, 0.29) is 10.7 Å². The topological polar surface area (TPSA) is 92.9 Å². The normalized spacial score (nSPS) is 10.7. The maximum atomic E-state index is 12.3. The number of hydrogen-bond donors (Lipinski definition) is 2. The predicted molar refractivity (Wildman–Crippen MR) is 115 cm³/mol. The molecule has 4 rings (SSSR count). The minimum atomic E-state index is -0.433. The van der Waals surface area contributed by atoms with Gasteiger partial charge in [0, 0.05) is 23.3 Å². The summed E-state index contributed by atoms with van der Waals surface area (Å²) in [6, 6.07) is 9.99. The lowest BCUT2D eigenvalue weighted by Gasteiger charge is -2.05. The van der Waals surface area contributed by atoms with Crippen LogP contribution in [0.4, 0.5) is 16.6 Å². The van der Waals surface area contributed by atoms with E-state index < -0.39 is 5.91 Å². The molecule has 0 aliphatic carbocycles. The second-order valence-corrected chi connectivity index (χ2v) is 7.71. The van der Waals surface area contributed by atoms with Gasteiger partial charge in [-0.05, 0) is 24.3 Å². The van der Waals surface area contributed by atoms with E-state index >= 15 is 0 Å². The first-order chi connectivity index (χ1) is 14.0. The van der Waals surface area contributed by atoms with E-state index in [0.717, 1.165) is 0 Å². The van der Waals surface area contributed by atoms with Crippen LogP contribution in [0.1, 0.15) is 10.5 Å². The summed E-state index contributed by atoms with van der Waals surface area (Å²) in [6.45, 7) is 0. The molecule has 0 unspecified atom stereocenters. The molecule has 7 nitrogen and oxygen atoms in total. The molecule has 11 heteroatoms. The summed E-state index contributed by atoms with van der Waals surface area (Å²) in [5, 5.41) is 12.8. The number of carbonyl (C=O) groups excluding carboxylic acids is 1. The summed E-state index contributed by atoms with van der Waals surface area (Å²) in [4.78, 5) is 20.7. The van der Waals surface area contributed by atoms with Gasteiger partial charge in [0.25, 0.3) is 5.91 Å². The summed E-state index contributed by atoms with van der Waals surface area (Å²) in [7, 11) is 0. The van der Waals surface area contributed by atoms with Crippen molar-refractivity contribution in [2.45, 2.75) is 0 Å². The molecular weight excluding hydrogens is 457 g/mol. The first-order valence-electron chi connectivity index (χ1n) is 8.06. The molecule has 1 amide bonds. The van der Waals surface area contributed by atoms with E-state index in [9.17, 15) is 4.79 Å². The fourth-order valence-corrected chi connectivity index (χ4v) is 3.63. The van der Waals surface area contributed by atoms with Gasteiger partial charge < -0.3 is 15.2 Å². The van der Waals surface area contributed by atoms with Crippen molar-refractivity contribution in [2.75, 3.05) is 10.6 Å². The molecule has 0 saturated heterocycles. The van der Waals surface area contributed by atoms with Crippen LogP contribution in [0.5, 0.6) is 0 Å². The first-order valence-corrected chi connectivity index (χ1v) is 10.1. The highest BCUT2D eigenvalue weighted by Gasteiger charge is 2.16. The standard InChI is InChI=1S/C18H10Cl3N5O2S/c19-10-5-9(6-11(20)16(10)21)23-18-24-13(8-29-18)14-7-12(26-28-14)17(27)25-15-3-1-2-4-22-15/h1-8H,(H,23,24)(H,22,25,27). The maximum Gasteiger partial charge on any atom is 0.279 e. The number of benzene rings is 1. The van der Waals surface area contributed by atoms with E-state index in [0.29, 0.717) is 38.1 Å². The molecule has 146 valence electrons. The van der Waals surface area contributed by atoms with Gasteiger partial charge in [-0.1, -0.05) is 46.0 Å². The number of carbonyl (C=O) groups is 1. The van der Waals surface area contributed by atoms with Crippen LogP contribution >= 0.6 is 46.1 Å². The Morgan fingerprint density at radius 2 is 1.90 bits per heavy atom. The molecule has 0 saturated carbocycles. The van der Waals surface area contributed by atoms with Gasteiger partial charge in [-0.25, -0.2) is 9.97 Å². The van der Waals surface area contributed by atoms with E-state index in [4.69, 9.17) is 39.3 Å². The first kappa shape index (κ1) is 19.7. The van der Waals surface area contributed by atoms with Crippen LogP contribution in [0.15, 0.2) is 52.5 Å². The Kier molecular flexibility index (Phi) is 5.68. The maximum absolute atomic E-state index is 12.3. The second kappa shape index (κ2) is 8.38. The van der Waals surface area contributed by atoms with Crippen LogP contribution < -0.4 is 10.6 Å². The van der Waals surface area contributed by atoms with E-state index in [1.54, 1.807) is 41.9 Å². The molecule has 29 heavy (non-hydrogen) atoms. The number of anilines is 3. The quantitative estimate of drug-likeness (QED) is 0.343. The lowest BCUT2D eigenvalue weighted by Crippen LogP contribution is -2.12. The number of hydrogen-bond acceptors (Lipinski definition) is 7. The fourth-order valence-electron chi connectivity index (χ4n) is 2.32. The molecule has 3 heterocycles. The highest BCUT2D eigenvalue weighted by molar-refractivity contribution is 7.14. The molecule has 4 aromatic rings. The molecule has 0 aliphatic rings. The molecule has 3 aromatic heterocycles. The lowest BCUT2D eigenvalue weighted by atomic mass is 10.3. The molecule has 0 aliphatic heterocycles. The smallest absolute Gasteiger partial charge is 0.279 e. The molecule has 0 bridgehead atoms. The van der Waals surface area contributed by atoms with Crippen LogP contribution in [0.2, 0.25) is 15.1 Å². The number of amides is 1. The van der Waals surface area contributed by atoms with E-state index in [1.165, 1.54) is 17.4 Å². The van der Waals surface area contributed by atoms with Gasteiger partial charge in [0.2, 0.25) is 0 Å². The van der Waals surface area contributed by atoms with Crippen LogP contribution in [-0.2, 0) is 0 Å². The SMILES string of the molecule is O=C(Nc1ccccn1)c1cc(-c2csc(Nc3cc(Cl)c(Cl)c(Cl)c3)n2)on1. The Balaban J connectivity index is 1.48. The lowest BCUT2D eigenvalue weighted by molar-refractivity contribution is 0.101. The van der Waals surface area contributed by atoms with Crippen molar-refractivity contribution in [3.05, 3.63) is 68.7 Å². The largest absolute Gasteiger partial charge is 0.354 e. The van der Waals surface area contributed by atoms with E-state index in [2.05, 4.69) is 25.8 Å². The summed E-state index contributed by atoms with van der Waals surface area (Å²) >= 11 is 19.4. The molecule has 1 aromatic carbocycles. The zero-order valence-electron chi connectivity index (χ0n) is 14.3. The third kappa shape index (κ3) is 4.51. The number of halogens is 3. The van der Waals surface area contributed by atoms with Gasteiger partial charge in [0.05, 0.1) is 15.1 Å². The average molecular weight is 467 g/mol. The van der Waals surface area contributed by atoms with Crippen molar-refractivity contribution in [2.24, 2.45) is 0 Å². The van der Waals surface area contributed by atoms with Crippen molar-refractivity contribution in [3.63, 3.8) is 0 Å². The molecular formula is C18H10Cl3N5O2S. The number of nitrogens with one attached hydrogen (secondary N) is 2. The molecule has 0 radical (unpaired) electrons. The minimum absolute atomic E-state index is 0.115. The van der Waals surface area contributed by atoms with Gasteiger partial charge in [0.1, 0.15) is 11.5 Å². The summed E-state index contributed by atoms with van der Waals surface area (Å²) in [5.41, 5.74) is 1.27. The Morgan fingerprint density at radius 3 is 2.62 bits per heavy atom. The highest BCUT2D eigenvalue weighted by atomic mass is 35.5. The summed E-state index contributed by atoms with van der Waals surface area (Å²) in [5.74, 6) is 0.341. The second-order valence-electron chi connectivity index (χ2n) is 5.66. The van der Waals surface area contributed by atoms with Gasteiger partial charge >= 0.3 is 0 Å². The van der Waals surface area contributed by atoms with Crippen molar-refractivity contribution in [1.29, 1.82) is 0 Å². The third-order valence-electron chi connectivity index (χ3n) is 3.64. The Hall–Kier alpha value is -2.65. The van der Waals surface area contributed by atoms with Crippen molar-refractivity contribution >= 4 is 68.7 Å². The molecule has 2 N–H and O–H groups in total. The number of nitrogens with zero attached hydrogens (tertiary/aromatic N) is 3. The molecule has 0 fully saturated rings. The zero-order chi connectivity index (χ0) is 20.4. The molecule has 0 atom stereocenters. The number of rotatable bonds is 5. The van der Waals surface area contributed by atoms with Crippen LogP contribution in [0.3, 0.4) is 0 Å². The Morgan fingerprint density at radius 1 is 1.10 bits per heavy atom. The Labute approximate surface area is 183 Å². The van der Waals surface area contributed by atoms with Gasteiger partial charge in [-0.15, -0.1) is 11.3 Å². The molecule has 0 spiro atoms. The van der Waals surface area contributed by atoms with Crippen LogP contribution in [-0.4, -0.2) is 21.0 Å². The van der Waals surface area contributed by atoms with Crippen molar-refractivity contribution in [1.82, 2.24) is 15.1 Å². The van der Waals surface area contributed by atoms with Crippen molar-refractivity contribution in [3.8, 4) is 11.5 Å². The summed E-state index contributed by atoms with van der Waals surface area (Å²) in [6.07, 6.45) is 1.58. The predicted octanol–water partition coefficient (Wildman–Crippen LogP) is 6.15. The average Bonchev–Trinajstić information content (AvgIpc) is 3.36. The van der Waals surface area contributed by atoms with Gasteiger partial charge in [-0.2, -0.15) is 0 Å². The number of pyridine rings is 1. The zero-order valence-corrected chi connectivity index (χ0v) is 17.4. The van der Waals surface area contributed by atoms with Gasteiger partial charge in [-0.3, -0.25) is 4.79 Å². The third-order valence-corrected chi connectivity index (χ3v) is 5.60. The number of thiazole rings is 1. The van der Waals surface area contributed by atoms with Crippen LogP contribution in [0, 0.1) is 0 Å². The van der Waals surface area contributed by atoms with Crippen molar-refractivity contribution < 1.29 is 9.32 Å². The number of aromatic nitrogens is 3.